The van der Waals surface area contributed by atoms with E-state index in [1.807, 2.05) is 0 Å². The fraction of sp³-hybridized carbons (Fsp3) is 1.00. The summed E-state index contributed by atoms with van der Waals surface area (Å²) in [6, 6.07) is 0. The summed E-state index contributed by atoms with van der Waals surface area (Å²) >= 11 is 21.0. The lowest BCUT2D eigenvalue weighted by Gasteiger charge is -2.11. The second-order valence-electron chi connectivity index (χ2n) is 0.924. The van der Waals surface area contributed by atoms with Crippen LogP contribution in [0.5, 0.6) is 0 Å². The zero-order valence-electron chi connectivity index (χ0n) is 3.09. The molecule has 0 saturated carbocycles. The van der Waals surface area contributed by atoms with Crippen molar-refractivity contribution in [1.82, 2.24) is 0 Å². The number of hydrogen-bond donors (Lipinski definition) is 0. The predicted octanol–water partition coefficient (Wildman–Crippen LogP) is 2.09. The van der Waals surface area contributed by atoms with E-state index < -0.39 is 8.79 Å². The van der Waals surface area contributed by atoms with Gasteiger partial charge in [0.25, 0.3) is 0 Å². The standard InChI is InChI=1S/C2HCl4Si/c3-1(4)2(5,6)7/h1H. The number of halogens is 4. The molecule has 0 aliphatic carbocycles. The topological polar surface area (TPSA) is 0 Å². The molecule has 0 amide bonds. The van der Waals surface area contributed by atoms with Crippen LogP contribution in [0.1, 0.15) is 0 Å². The zero-order chi connectivity index (χ0) is 6.08. The van der Waals surface area contributed by atoms with Gasteiger partial charge in [-0.15, -0.1) is 46.4 Å². The summed E-state index contributed by atoms with van der Waals surface area (Å²) in [4.78, 5) is -0.812. The Hall–Kier alpha value is 1.38. The van der Waals surface area contributed by atoms with Crippen molar-refractivity contribution in [2.24, 2.45) is 0 Å². The Balaban J connectivity index is 3.54. The van der Waals surface area contributed by atoms with Crippen molar-refractivity contribution in [1.29, 1.82) is 0 Å². The second kappa shape index (κ2) is 2.79. The summed E-state index contributed by atoms with van der Waals surface area (Å²) in [5, 5.41) is 0. The third kappa shape index (κ3) is 3.92. The lowest BCUT2D eigenvalue weighted by Crippen LogP contribution is -2.21. The summed E-state index contributed by atoms with van der Waals surface area (Å²) in [7, 11) is 2.86. The monoisotopic (exact) mass is 193 g/mol. The molecular weight excluding hydrogens is 194 g/mol. The van der Waals surface area contributed by atoms with Crippen LogP contribution in [0.4, 0.5) is 0 Å². The lowest BCUT2D eigenvalue weighted by atomic mass is 10.9. The van der Waals surface area contributed by atoms with Crippen LogP contribution in [0.2, 0.25) is 0 Å². The number of hydrogen-bond acceptors (Lipinski definition) is 0. The third-order valence-electron chi connectivity index (χ3n) is 0.274. The van der Waals surface area contributed by atoms with Gasteiger partial charge in [-0.3, -0.25) is 0 Å². The Labute approximate surface area is 65.5 Å². The molecule has 0 nitrogen and oxygen atoms in total. The van der Waals surface area contributed by atoms with Gasteiger partial charge in [0.15, 0.2) is 0 Å². The van der Waals surface area contributed by atoms with E-state index in [-0.39, 0.29) is 0 Å². The van der Waals surface area contributed by atoms with Crippen LogP contribution in [-0.4, -0.2) is 19.0 Å². The fourth-order valence-corrected chi connectivity index (χ4v) is 0. The Morgan fingerprint density at radius 1 is 1.29 bits per heavy atom. The molecule has 0 aromatic heterocycles. The zero-order valence-corrected chi connectivity index (χ0v) is 7.11. The van der Waals surface area contributed by atoms with Crippen LogP contribution in [0.3, 0.4) is 0 Å². The Morgan fingerprint density at radius 2 is 1.43 bits per heavy atom. The first-order valence-electron chi connectivity index (χ1n) is 1.35. The fourth-order valence-electron chi connectivity index (χ4n) is 0. The third-order valence-corrected chi connectivity index (χ3v) is 2.47. The molecule has 0 aliphatic rings. The van der Waals surface area contributed by atoms with E-state index in [1.54, 1.807) is 0 Å². The highest BCUT2D eigenvalue weighted by Gasteiger charge is 2.24. The molecule has 0 fully saturated rings. The molecule has 0 spiro atoms. The molecule has 7 heavy (non-hydrogen) atoms. The average Bonchev–Trinajstić information content (AvgIpc) is 1.31. The van der Waals surface area contributed by atoms with E-state index in [0.29, 0.717) is 0 Å². The lowest BCUT2D eigenvalue weighted by molar-refractivity contribution is 1.19. The van der Waals surface area contributed by atoms with Gasteiger partial charge in [-0.1, -0.05) is 0 Å². The van der Waals surface area contributed by atoms with E-state index in [4.69, 9.17) is 46.4 Å². The van der Waals surface area contributed by atoms with Gasteiger partial charge in [0.1, 0.15) is 8.79 Å². The Kier molecular flexibility index (Phi) is 3.33. The maximum atomic E-state index is 5.28. The highest BCUT2D eigenvalue weighted by molar-refractivity contribution is 6.72. The SMILES string of the molecule is [Si]C(Cl)(Cl)C(Cl)Cl. The summed E-state index contributed by atoms with van der Waals surface area (Å²) in [5.41, 5.74) is 0. The smallest absolute Gasteiger partial charge is 0.104 e. The predicted molar refractivity (Wildman–Crippen MR) is 35.7 cm³/mol. The molecule has 0 aromatic rings. The van der Waals surface area contributed by atoms with Crippen molar-refractivity contribution < 1.29 is 0 Å². The Morgan fingerprint density at radius 3 is 1.43 bits per heavy atom. The van der Waals surface area contributed by atoms with Crippen molar-refractivity contribution in [2.75, 3.05) is 0 Å². The quantitative estimate of drug-likeness (QED) is 0.443. The van der Waals surface area contributed by atoms with Gasteiger partial charge in [-0.25, -0.2) is 0 Å². The van der Waals surface area contributed by atoms with E-state index in [9.17, 15) is 0 Å². The largest absolute Gasteiger partial charge is 0.136 e. The molecule has 0 bridgehead atoms. The van der Waals surface area contributed by atoms with Gasteiger partial charge < -0.3 is 0 Å². The van der Waals surface area contributed by atoms with Crippen molar-refractivity contribution in [3.63, 3.8) is 0 Å². The van der Waals surface area contributed by atoms with Crippen LogP contribution in [-0.2, 0) is 0 Å². The van der Waals surface area contributed by atoms with E-state index in [0.717, 1.165) is 0 Å². The first-order valence-corrected chi connectivity index (χ1v) is 3.48. The van der Waals surface area contributed by atoms with Gasteiger partial charge in [-0.2, -0.15) is 0 Å². The van der Waals surface area contributed by atoms with Gasteiger partial charge in [0.05, 0.1) is 10.2 Å². The molecule has 41 valence electrons. The van der Waals surface area contributed by atoms with Crippen LogP contribution < -0.4 is 0 Å². The van der Waals surface area contributed by atoms with E-state index in [2.05, 4.69) is 10.2 Å². The summed E-state index contributed by atoms with van der Waals surface area (Å²) in [6.07, 6.45) is 0. The van der Waals surface area contributed by atoms with E-state index in [1.165, 1.54) is 0 Å². The van der Waals surface area contributed by atoms with Gasteiger partial charge >= 0.3 is 0 Å². The van der Waals surface area contributed by atoms with Gasteiger partial charge in [0.2, 0.25) is 0 Å². The van der Waals surface area contributed by atoms with Crippen LogP contribution >= 0.6 is 46.4 Å². The molecule has 0 unspecified atom stereocenters. The summed E-state index contributed by atoms with van der Waals surface area (Å²) < 4.78 is -1.22. The molecule has 0 saturated heterocycles. The molecular formula is C2HCl4Si. The van der Waals surface area contributed by atoms with Crippen molar-refractivity contribution >= 4 is 56.6 Å². The van der Waals surface area contributed by atoms with Crippen LogP contribution in [0.15, 0.2) is 0 Å². The molecule has 0 N–H and O–H groups in total. The first kappa shape index (κ1) is 8.38. The minimum atomic E-state index is -1.22. The summed E-state index contributed by atoms with van der Waals surface area (Å²) in [6.45, 7) is 0. The first-order chi connectivity index (χ1) is 2.94. The van der Waals surface area contributed by atoms with E-state index >= 15 is 0 Å². The molecule has 0 rings (SSSR count). The van der Waals surface area contributed by atoms with Gasteiger partial charge in [0, 0.05) is 0 Å². The highest BCUT2D eigenvalue weighted by atomic mass is 35.5. The normalized spacial score (nSPS) is 12.9. The maximum absolute atomic E-state index is 5.28. The second-order valence-corrected chi connectivity index (χ2v) is 4.83. The molecule has 0 atom stereocenters. The maximum Gasteiger partial charge on any atom is 0.136 e. The van der Waals surface area contributed by atoms with Crippen molar-refractivity contribution in [3.8, 4) is 0 Å². The molecule has 0 heterocycles. The minimum absolute atomic E-state index is 0.812. The molecule has 0 aromatic carbocycles. The number of rotatable bonds is 1. The van der Waals surface area contributed by atoms with Crippen molar-refractivity contribution in [3.05, 3.63) is 0 Å². The van der Waals surface area contributed by atoms with Crippen LogP contribution in [0, 0.1) is 0 Å². The van der Waals surface area contributed by atoms with Gasteiger partial charge in [-0.05, 0) is 0 Å². The Bertz CT molecular complexity index is 55.2. The van der Waals surface area contributed by atoms with Crippen LogP contribution in [0.25, 0.3) is 0 Å². The van der Waals surface area contributed by atoms with Crippen molar-refractivity contribution in [2.45, 2.75) is 8.79 Å². The average molecular weight is 195 g/mol. The minimum Gasteiger partial charge on any atom is -0.104 e. The molecule has 3 radical (unpaired) electrons. The summed E-state index contributed by atoms with van der Waals surface area (Å²) in [5.74, 6) is 0. The number of alkyl halides is 4. The molecule has 0 aliphatic heterocycles. The molecule has 5 heteroatoms. The highest BCUT2D eigenvalue weighted by Crippen LogP contribution is 2.27.